The van der Waals surface area contributed by atoms with Crippen molar-refractivity contribution in [2.24, 2.45) is 0 Å². The first-order valence-electron chi connectivity index (χ1n) is 6.70. The standard InChI is InChI=1S/C14H19NO3S/c1-3-6-11(16)15-13-12(14(17)18-2)9-7-4-5-8-10(9)19-13/h3-8H2,1-2H3,(H,15,16). The Morgan fingerprint density at radius 1 is 1.32 bits per heavy atom. The van der Waals surface area contributed by atoms with E-state index in [1.54, 1.807) is 0 Å². The smallest absolute Gasteiger partial charge is 0.341 e. The minimum absolute atomic E-state index is 0.0359. The largest absolute Gasteiger partial charge is 0.465 e. The van der Waals surface area contributed by atoms with Crippen molar-refractivity contribution in [3.63, 3.8) is 0 Å². The highest BCUT2D eigenvalue weighted by Gasteiger charge is 2.26. The Bertz CT molecular complexity index is 493. The van der Waals surface area contributed by atoms with Crippen LogP contribution in [0.15, 0.2) is 0 Å². The number of rotatable bonds is 4. The molecule has 0 saturated carbocycles. The maximum Gasteiger partial charge on any atom is 0.341 e. The molecule has 1 aliphatic carbocycles. The zero-order valence-electron chi connectivity index (χ0n) is 11.4. The van der Waals surface area contributed by atoms with Gasteiger partial charge in [0.25, 0.3) is 0 Å². The molecule has 0 spiro atoms. The van der Waals surface area contributed by atoms with Crippen LogP contribution in [0, 0.1) is 0 Å². The normalized spacial score (nSPS) is 13.8. The van der Waals surface area contributed by atoms with Crippen LogP contribution in [0.3, 0.4) is 0 Å². The molecule has 0 saturated heterocycles. The van der Waals surface area contributed by atoms with E-state index in [9.17, 15) is 9.59 Å². The summed E-state index contributed by atoms with van der Waals surface area (Å²) in [5.74, 6) is -0.377. The molecule has 1 aromatic rings. The first-order chi connectivity index (χ1) is 9.17. The molecule has 1 N–H and O–H groups in total. The first-order valence-corrected chi connectivity index (χ1v) is 7.51. The molecule has 1 heterocycles. The molecule has 0 aromatic carbocycles. The van der Waals surface area contributed by atoms with Crippen LogP contribution in [0.4, 0.5) is 5.00 Å². The van der Waals surface area contributed by atoms with Gasteiger partial charge in [-0.1, -0.05) is 6.92 Å². The fraction of sp³-hybridized carbons (Fsp3) is 0.571. The van der Waals surface area contributed by atoms with Crippen molar-refractivity contribution in [1.29, 1.82) is 0 Å². The summed E-state index contributed by atoms with van der Waals surface area (Å²) in [5, 5.41) is 3.53. The van der Waals surface area contributed by atoms with Crippen LogP contribution in [0.1, 0.15) is 53.4 Å². The Kier molecular flexibility index (Phi) is 4.58. The molecule has 19 heavy (non-hydrogen) atoms. The third kappa shape index (κ3) is 2.97. The number of esters is 1. The molecule has 4 nitrogen and oxygen atoms in total. The predicted molar refractivity (Wildman–Crippen MR) is 75.8 cm³/mol. The van der Waals surface area contributed by atoms with E-state index in [1.807, 2.05) is 6.92 Å². The number of anilines is 1. The summed E-state index contributed by atoms with van der Waals surface area (Å²) in [5.41, 5.74) is 1.65. The topological polar surface area (TPSA) is 55.4 Å². The Hall–Kier alpha value is -1.36. The summed E-state index contributed by atoms with van der Waals surface area (Å²) in [6.45, 7) is 1.96. The Balaban J connectivity index is 2.33. The number of carbonyl (C=O) groups excluding carboxylic acids is 2. The van der Waals surface area contributed by atoms with E-state index in [4.69, 9.17) is 4.74 Å². The second kappa shape index (κ2) is 6.19. The van der Waals surface area contributed by atoms with Gasteiger partial charge in [-0.05, 0) is 37.7 Å². The molecule has 0 fully saturated rings. The summed E-state index contributed by atoms with van der Waals surface area (Å²) < 4.78 is 4.86. The highest BCUT2D eigenvalue weighted by molar-refractivity contribution is 7.17. The summed E-state index contributed by atoms with van der Waals surface area (Å²) >= 11 is 1.53. The van der Waals surface area contributed by atoms with E-state index < -0.39 is 0 Å². The molecule has 0 radical (unpaired) electrons. The van der Waals surface area contributed by atoms with Gasteiger partial charge >= 0.3 is 5.97 Å². The summed E-state index contributed by atoms with van der Waals surface area (Å²) in [6.07, 6.45) is 5.41. The zero-order valence-corrected chi connectivity index (χ0v) is 12.2. The molecule has 1 amide bonds. The van der Waals surface area contributed by atoms with Crippen molar-refractivity contribution in [2.75, 3.05) is 12.4 Å². The van der Waals surface area contributed by atoms with Crippen molar-refractivity contribution in [3.05, 3.63) is 16.0 Å². The van der Waals surface area contributed by atoms with Crippen molar-refractivity contribution >= 4 is 28.2 Å². The average molecular weight is 281 g/mol. The molecular weight excluding hydrogens is 262 g/mol. The lowest BCUT2D eigenvalue weighted by atomic mass is 9.95. The van der Waals surface area contributed by atoms with Gasteiger partial charge in [-0.25, -0.2) is 4.79 Å². The molecule has 2 rings (SSSR count). The Labute approximate surface area is 117 Å². The second-order valence-electron chi connectivity index (χ2n) is 4.70. The van der Waals surface area contributed by atoms with Crippen molar-refractivity contribution in [1.82, 2.24) is 0 Å². The summed E-state index contributed by atoms with van der Waals surface area (Å²) in [4.78, 5) is 24.9. The maximum atomic E-state index is 11.9. The predicted octanol–water partition coefficient (Wildman–Crippen LogP) is 3.15. The highest BCUT2D eigenvalue weighted by atomic mass is 32.1. The zero-order chi connectivity index (χ0) is 13.8. The molecule has 1 aromatic heterocycles. The van der Waals surface area contributed by atoms with Gasteiger partial charge < -0.3 is 10.1 Å². The Morgan fingerprint density at radius 2 is 2.05 bits per heavy atom. The molecule has 0 aliphatic heterocycles. The number of methoxy groups -OCH3 is 1. The number of ether oxygens (including phenoxy) is 1. The highest BCUT2D eigenvalue weighted by Crippen LogP contribution is 2.38. The van der Waals surface area contributed by atoms with Gasteiger partial charge in [-0.15, -0.1) is 11.3 Å². The fourth-order valence-electron chi connectivity index (χ4n) is 2.39. The Morgan fingerprint density at radius 3 is 2.74 bits per heavy atom. The van der Waals surface area contributed by atoms with Crippen molar-refractivity contribution in [3.8, 4) is 0 Å². The van der Waals surface area contributed by atoms with E-state index in [0.29, 0.717) is 17.0 Å². The van der Waals surface area contributed by atoms with Crippen LogP contribution in [0.5, 0.6) is 0 Å². The lowest BCUT2D eigenvalue weighted by Crippen LogP contribution is -2.14. The summed E-state index contributed by atoms with van der Waals surface area (Å²) in [6, 6.07) is 0. The van der Waals surface area contributed by atoms with Crippen molar-refractivity contribution in [2.45, 2.75) is 45.4 Å². The van der Waals surface area contributed by atoms with E-state index in [1.165, 1.54) is 23.3 Å². The van der Waals surface area contributed by atoms with Gasteiger partial charge in [0.15, 0.2) is 0 Å². The van der Waals surface area contributed by atoms with Gasteiger partial charge in [-0.2, -0.15) is 0 Å². The van der Waals surface area contributed by atoms with Crippen LogP contribution in [-0.2, 0) is 22.4 Å². The van der Waals surface area contributed by atoms with E-state index in [-0.39, 0.29) is 11.9 Å². The molecule has 5 heteroatoms. The quantitative estimate of drug-likeness (QED) is 0.863. The van der Waals surface area contributed by atoms with Gasteiger partial charge in [0, 0.05) is 11.3 Å². The van der Waals surface area contributed by atoms with Gasteiger partial charge in [0.1, 0.15) is 5.00 Å². The van der Waals surface area contributed by atoms with Gasteiger partial charge in [0.2, 0.25) is 5.91 Å². The average Bonchev–Trinajstić information content (AvgIpc) is 2.75. The SMILES string of the molecule is CCCC(=O)Nc1sc2c(c1C(=O)OC)CCCC2. The van der Waals surface area contributed by atoms with Crippen molar-refractivity contribution < 1.29 is 14.3 Å². The molecule has 0 atom stereocenters. The number of amides is 1. The van der Waals surface area contributed by atoms with Crippen LogP contribution < -0.4 is 5.32 Å². The van der Waals surface area contributed by atoms with Crippen LogP contribution >= 0.6 is 11.3 Å². The molecule has 104 valence electrons. The lowest BCUT2D eigenvalue weighted by Gasteiger charge is -2.11. The van der Waals surface area contributed by atoms with Crippen LogP contribution in [0.2, 0.25) is 0 Å². The van der Waals surface area contributed by atoms with Gasteiger partial charge in [0.05, 0.1) is 12.7 Å². The number of fused-ring (bicyclic) bond motifs is 1. The lowest BCUT2D eigenvalue weighted by molar-refractivity contribution is -0.116. The minimum atomic E-state index is -0.341. The number of nitrogens with one attached hydrogen (secondary N) is 1. The fourth-order valence-corrected chi connectivity index (χ4v) is 3.68. The number of hydrogen-bond donors (Lipinski definition) is 1. The van der Waals surface area contributed by atoms with E-state index in [2.05, 4.69) is 5.32 Å². The van der Waals surface area contributed by atoms with Crippen LogP contribution in [-0.4, -0.2) is 19.0 Å². The van der Waals surface area contributed by atoms with E-state index in [0.717, 1.165) is 37.7 Å². The number of thiophene rings is 1. The molecule has 1 aliphatic rings. The molecular formula is C14H19NO3S. The monoisotopic (exact) mass is 281 g/mol. The van der Waals surface area contributed by atoms with Crippen LogP contribution in [0.25, 0.3) is 0 Å². The summed E-state index contributed by atoms with van der Waals surface area (Å²) in [7, 11) is 1.38. The molecule has 0 bridgehead atoms. The minimum Gasteiger partial charge on any atom is -0.465 e. The number of aryl methyl sites for hydroxylation is 1. The third-order valence-electron chi connectivity index (χ3n) is 3.29. The maximum absolute atomic E-state index is 11.9. The first kappa shape index (κ1) is 14.1. The van der Waals surface area contributed by atoms with Gasteiger partial charge in [-0.3, -0.25) is 4.79 Å². The third-order valence-corrected chi connectivity index (χ3v) is 4.50. The number of carbonyl (C=O) groups is 2. The number of hydrogen-bond acceptors (Lipinski definition) is 4. The molecule has 0 unspecified atom stereocenters. The second-order valence-corrected chi connectivity index (χ2v) is 5.81. The van der Waals surface area contributed by atoms with E-state index >= 15 is 0 Å².